The van der Waals surface area contributed by atoms with Crippen molar-refractivity contribution in [3.8, 4) is 0 Å². The molecule has 0 atom stereocenters. The van der Waals surface area contributed by atoms with Crippen molar-refractivity contribution in [2.24, 2.45) is 0 Å². The predicted molar refractivity (Wildman–Crippen MR) is 67.3 cm³/mol. The van der Waals surface area contributed by atoms with Crippen LogP contribution in [0.2, 0.25) is 0 Å². The van der Waals surface area contributed by atoms with E-state index in [1.807, 2.05) is 0 Å². The van der Waals surface area contributed by atoms with Gasteiger partial charge in [0.25, 0.3) is 5.91 Å². The van der Waals surface area contributed by atoms with Gasteiger partial charge >= 0.3 is 0 Å². The Morgan fingerprint density at radius 2 is 2.12 bits per heavy atom. The Morgan fingerprint density at radius 3 is 2.82 bits per heavy atom. The second kappa shape index (κ2) is 6.89. The van der Waals surface area contributed by atoms with Crippen molar-refractivity contribution >= 4 is 11.6 Å². The third-order valence-electron chi connectivity index (χ3n) is 2.58. The van der Waals surface area contributed by atoms with E-state index in [9.17, 15) is 9.18 Å². The van der Waals surface area contributed by atoms with Gasteiger partial charge in [-0.15, -0.1) is 0 Å². The van der Waals surface area contributed by atoms with E-state index in [-0.39, 0.29) is 11.5 Å². The van der Waals surface area contributed by atoms with Gasteiger partial charge in [-0.2, -0.15) is 0 Å². The van der Waals surface area contributed by atoms with Gasteiger partial charge in [-0.25, -0.2) is 4.39 Å². The van der Waals surface area contributed by atoms with E-state index in [1.54, 1.807) is 0 Å². The molecule has 1 amide bonds. The van der Waals surface area contributed by atoms with Gasteiger partial charge < -0.3 is 11.1 Å². The third-order valence-corrected chi connectivity index (χ3v) is 2.58. The fourth-order valence-corrected chi connectivity index (χ4v) is 1.57. The summed E-state index contributed by atoms with van der Waals surface area (Å²) >= 11 is 0. The fraction of sp³-hybridized carbons (Fsp3) is 0.462. The number of nitrogens with two attached hydrogens (primary N) is 1. The Morgan fingerprint density at radius 1 is 1.35 bits per heavy atom. The van der Waals surface area contributed by atoms with E-state index in [0.717, 1.165) is 31.7 Å². The zero-order valence-electron chi connectivity index (χ0n) is 10.1. The number of carbonyl (C=O) groups excluding carboxylic acids is 1. The first kappa shape index (κ1) is 13.5. The van der Waals surface area contributed by atoms with Crippen LogP contribution < -0.4 is 11.1 Å². The topological polar surface area (TPSA) is 55.1 Å². The number of hydrogen-bond donors (Lipinski definition) is 2. The standard InChI is InChI=1S/C13H19FN2O/c1-2-3-4-5-8-16-13(17)11-9-10(14)6-7-12(11)15/h6-7,9H,2-5,8,15H2,1H3,(H,16,17). The van der Waals surface area contributed by atoms with Crippen LogP contribution in [0.15, 0.2) is 18.2 Å². The molecule has 0 aromatic heterocycles. The van der Waals surface area contributed by atoms with Gasteiger partial charge in [0.05, 0.1) is 5.56 Å². The van der Waals surface area contributed by atoms with Crippen LogP contribution >= 0.6 is 0 Å². The Balaban J connectivity index is 2.44. The molecule has 0 heterocycles. The van der Waals surface area contributed by atoms with Crippen LogP contribution in [0.5, 0.6) is 0 Å². The maximum atomic E-state index is 13.0. The molecule has 0 spiro atoms. The van der Waals surface area contributed by atoms with Crippen LogP contribution in [-0.2, 0) is 0 Å². The van der Waals surface area contributed by atoms with Crippen molar-refractivity contribution in [3.05, 3.63) is 29.6 Å². The molecule has 94 valence electrons. The molecular formula is C13H19FN2O. The summed E-state index contributed by atoms with van der Waals surface area (Å²) in [6.45, 7) is 2.74. The lowest BCUT2D eigenvalue weighted by Gasteiger charge is -2.07. The predicted octanol–water partition coefficient (Wildman–Crippen LogP) is 2.72. The van der Waals surface area contributed by atoms with Gasteiger partial charge in [0.1, 0.15) is 5.82 Å². The molecule has 0 aliphatic rings. The first-order chi connectivity index (χ1) is 8.15. The zero-order chi connectivity index (χ0) is 12.7. The van der Waals surface area contributed by atoms with E-state index in [4.69, 9.17) is 5.73 Å². The fourth-order valence-electron chi connectivity index (χ4n) is 1.57. The Bertz CT molecular complexity index is 380. The summed E-state index contributed by atoms with van der Waals surface area (Å²) < 4.78 is 13.0. The van der Waals surface area contributed by atoms with E-state index < -0.39 is 5.82 Å². The molecule has 1 rings (SSSR count). The molecule has 0 aliphatic carbocycles. The number of anilines is 1. The number of halogens is 1. The molecule has 4 heteroatoms. The lowest BCUT2D eigenvalue weighted by atomic mass is 10.1. The molecule has 0 bridgehead atoms. The maximum Gasteiger partial charge on any atom is 0.253 e. The number of unbranched alkanes of at least 4 members (excludes halogenated alkanes) is 3. The highest BCUT2D eigenvalue weighted by atomic mass is 19.1. The molecule has 3 nitrogen and oxygen atoms in total. The molecular weight excluding hydrogens is 219 g/mol. The summed E-state index contributed by atoms with van der Waals surface area (Å²) in [7, 11) is 0. The van der Waals surface area contributed by atoms with Gasteiger partial charge in [0.15, 0.2) is 0 Å². The summed E-state index contributed by atoms with van der Waals surface area (Å²) in [6.07, 6.45) is 4.35. The zero-order valence-corrected chi connectivity index (χ0v) is 10.1. The van der Waals surface area contributed by atoms with Crippen LogP contribution in [0.1, 0.15) is 43.0 Å². The monoisotopic (exact) mass is 238 g/mol. The van der Waals surface area contributed by atoms with Gasteiger partial charge in [-0.05, 0) is 24.6 Å². The summed E-state index contributed by atoms with van der Waals surface area (Å²) in [6, 6.07) is 3.81. The lowest BCUT2D eigenvalue weighted by Crippen LogP contribution is -2.25. The number of hydrogen-bond acceptors (Lipinski definition) is 2. The summed E-state index contributed by atoms with van der Waals surface area (Å²) in [5, 5.41) is 2.74. The smallest absolute Gasteiger partial charge is 0.253 e. The molecule has 1 aromatic carbocycles. The average molecular weight is 238 g/mol. The number of nitrogens with one attached hydrogen (secondary N) is 1. The van der Waals surface area contributed by atoms with Crippen LogP contribution in [0, 0.1) is 5.82 Å². The van der Waals surface area contributed by atoms with Crippen LogP contribution in [0.25, 0.3) is 0 Å². The van der Waals surface area contributed by atoms with Crippen molar-refractivity contribution in [1.29, 1.82) is 0 Å². The molecule has 0 radical (unpaired) electrons. The molecule has 3 N–H and O–H groups in total. The number of benzene rings is 1. The number of carbonyl (C=O) groups is 1. The van der Waals surface area contributed by atoms with E-state index in [0.29, 0.717) is 12.2 Å². The minimum atomic E-state index is -0.449. The Labute approximate surface area is 101 Å². The highest BCUT2D eigenvalue weighted by Crippen LogP contribution is 2.13. The van der Waals surface area contributed by atoms with Gasteiger partial charge in [0.2, 0.25) is 0 Å². The highest BCUT2D eigenvalue weighted by Gasteiger charge is 2.09. The normalized spacial score (nSPS) is 10.2. The second-order valence-corrected chi connectivity index (χ2v) is 4.05. The first-order valence-electron chi connectivity index (χ1n) is 5.98. The van der Waals surface area contributed by atoms with Gasteiger partial charge in [0, 0.05) is 12.2 Å². The largest absolute Gasteiger partial charge is 0.398 e. The summed E-state index contributed by atoms with van der Waals surface area (Å²) in [5.41, 5.74) is 6.13. The summed E-state index contributed by atoms with van der Waals surface area (Å²) in [4.78, 5) is 11.7. The lowest BCUT2D eigenvalue weighted by molar-refractivity contribution is 0.0953. The molecule has 0 fully saturated rings. The SMILES string of the molecule is CCCCCCNC(=O)c1cc(F)ccc1N. The van der Waals surface area contributed by atoms with Crippen LogP contribution in [-0.4, -0.2) is 12.5 Å². The Kier molecular flexibility index (Phi) is 5.46. The number of amides is 1. The molecule has 0 saturated carbocycles. The van der Waals surface area contributed by atoms with Gasteiger partial charge in [-0.1, -0.05) is 26.2 Å². The Hall–Kier alpha value is -1.58. The molecule has 17 heavy (non-hydrogen) atoms. The van der Waals surface area contributed by atoms with Crippen LogP contribution in [0.3, 0.4) is 0 Å². The third kappa shape index (κ3) is 4.43. The van der Waals surface area contributed by atoms with Crippen molar-refractivity contribution in [3.63, 3.8) is 0 Å². The van der Waals surface area contributed by atoms with E-state index in [2.05, 4.69) is 12.2 Å². The van der Waals surface area contributed by atoms with Crippen molar-refractivity contribution in [2.45, 2.75) is 32.6 Å². The summed E-state index contributed by atoms with van der Waals surface area (Å²) in [5.74, 6) is -0.756. The molecule has 1 aromatic rings. The molecule has 0 saturated heterocycles. The number of nitrogen functional groups attached to an aromatic ring is 1. The first-order valence-corrected chi connectivity index (χ1v) is 5.98. The van der Waals surface area contributed by atoms with E-state index in [1.165, 1.54) is 12.1 Å². The minimum absolute atomic E-state index is 0.209. The highest BCUT2D eigenvalue weighted by molar-refractivity contribution is 5.99. The second-order valence-electron chi connectivity index (χ2n) is 4.05. The number of rotatable bonds is 6. The average Bonchev–Trinajstić information content (AvgIpc) is 2.32. The minimum Gasteiger partial charge on any atom is -0.398 e. The van der Waals surface area contributed by atoms with Crippen molar-refractivity contribution < 1.29 is 9.18 Å². The molecule has 0 unspecified atom stereocenters. The van der Waals surface area contributed by atoms with Gasteiger partial charge in [-0.3, -0.25) is 4.79 Å². The molecule has 0 aliphatic heterocycles. The maximum absolute atomic E-state index is 13.0. The van der Waals surface area contributed by atoms with Crippen molar-refractivity contribution in [1.82, 2.24) is 5.32 Å². The van der Waals surface area contributed by atoms with Crippen molar-refractivity contribution in [2.75, 3.05) is 12.3 Å². The van der Waals surface area contributed by atoms with Crippen LogP contribution in [0.4, 0.5) is 10.1 Å². The van der Waals surface area contributed by atoms with E-state index >= 15 is 0 Å². The quantitative estimate of drug-likeness (QED) is 0.591.